The first-order valence-electron chi connectivity index (χ1n) is 20.7. The van der Waals surface area contributed by atoms with Crippen molar-refractivity contribution >= 4 is 87.8 Å². The molecule has 0 radical (unpaired) electrons. The summed E-state index contributed by atoms with van der Waals surface area (Å²) in [5, 5.41) is 9.96. The van der Waals surface area contributed by atoms with Gasteiger partial charge in [-0.25, -0.2) is 5.56 Å². The van der Waals surface area contributed by atoms with Crippen LogP contribution in [0.1, 0.15) is 34.1 Å². The van der Waals surface area contributed by atoms with Crippen LogP contribution in [-0.4, -0.2) is 32.3 Å². The molecule has 310 valence electrons. The third-order valence-electron chi connectivity index (χ3n) is 12.7. The van der Waals surface area contributed by atoms with Gasteiger partial charge >= 0.3 is 26.2 Å². The fraction of sp³-hybridized carbons (Fsp3) is 0.185. The van der Waals surface area contributed by atoms with Crippen molar-refractivity contribution in [2.75, 3.05) is 0 Å². The van der Waals surface area contributed by atoms with E-state index in [0.29, 0.717) is 0 Å². The molecule has 1 aliphatic heterocycles. The molecule has 3 aliphatic rings. The van der Waals surface area contributed by atoms with Crippen LogP contribution >= 0.6 is 24.0 Å². The third kappa shape index (κ3) is 8.27. The first-order chi connectivity index (χ1) is 27.4. The average Bonchev–Trinajstić information content (AvgIpc) is 3.68. The van der Waals surface area contributed by atoms with Crippen LogP contribution in [0.3, 0.4) is 0 Å². The molecule has 0 saturated heterocycles. The molecule has 0 amide bonds. The maximum Gasteiger partial charge on any atom is 4.00 e. The topological polar surface area (TPSA) is 0 Å². The smallest absolute Gasteiger partial charge is 0.358 e. The summed E-state index contributed by atoms with van der Waals surface area (Å²) in [4.78, 5) is 0. The summed E-state index contributed by atoms with van der Waals surface area (Å²) >= 11 is 8.79. The fourth-order valence-corrected chi connectivity index (χ4v) is 26.5. The summed E-state index contributed by atoms with van der Waals surface area (Å²) in [5.41, 5.74) is 8.51. The number of fused-ring (bicyclic) bond motifs is 4. The Balaban J connectivity index is 0.00000176. The molecular weight excluding hydrogens is 923 g/mol. The van der Waals surface area contributed by atoms with Crippen LogP contribution in [0.2, 0.25) is 51.4 Å². The molecule has 0 nitrogen and oxygen atoms in total. The molecule has 2 unspecified atom stereocenters. The molecule has 9 rings (SSSR count). The van der Waals surface area contributed by atoms with E-state index in [1.165, 1.54) is 60.2 Å². The molecule has 6 aromatic rings. The van der Waals surface area contributed by atoms with Crippen LogP contribution in [0.15, 0.2) is 181 Å². The Morgan fingerprint density at radius 2 is 0.869 bits per heavy atom. The second-order valence-corrected chi connectivity index (χ2v) is 37.9. The zero-order valence-electron chi connectivity index (χ0n) is 37.1. The second-order valence-electron chi connectivity index (χ2n) is 18.9. The second kappa shape index (κ2) is 18.9. The van der Waals surface area contributed by atoms with E-state index in [1.807, 2.05) is 0 Å². The first-order valence-corrected chi connectivity index (χ1v) is 32.6. The van der Waals surface area contributed by atoms with Crippen molar-refractivity contribution < 1.29 is 26.2 Å². The van der Waals surface area contributed by atoms with E-state index in [1.54, 1.807) is 10.4 Å². The monoisotopic (exact) mass is 980 g/mol. The number of hydrogen-bond donors (Lipinski definition) is 0. The first kappa shape index (κ1) is 48.9. The van der Waals surface area contributed by atoms with E-state index in [9.17, 15) is 0 Å². The van der Waals surface area contributed by atoms with Gasteiger partial charge in [0.1, 0.15) is 8.07 Å². The molecule has 0 spiro atoms. The number of rotatable bonds is 8. The van der Waals surface area contributed by atoms with Crippen LogP contribution < -0.4 is 20.7 Å². The molecule has 1 heterocycles. The van der Waals surface area contributed by atoms with E-state index in [4.69, 9.17) is 11.6 Å². The zero-order valence-corrected chi connectivity index (χ0v) is 45.1. The quantitative estimate of drug-likeness (QED) is 0.105. The Labute approximate surface area is 402 Å². The summed E-state index contributed by atoms with van der Waals surface area (Å²) in [6.07, 6.45) is 0. The van der Waals surface area contributed by atoms with E-state index < -0.39 is 32.3 Å². The fourth-order valence-electron chi connectivity index (χ4n) is 10.7. The van der Waals surface area contributed by atoms with Crippen molar-refractivity contribution in [3.05, 3.63) is 229 Å². The maximum absolute atomic E-state index is 8.79. The summed E-state index contributed by atoms with van der Waals surface area (Å²) in [6.45, 7) is 15.3. The Morgan fingerprint density at radius 1 is 0.508 bits per heavy atom. The summed E-state index contributed by atoms with van der Waals surface area (Å²) in [7, 11) is -9.58. The van der Waals surface area contributed by atoms with Gasteiger partial charge in [0.25, 0.3) is 0 Å². The van der Waals surface area contributed by atoms with Gasteiger partial charge in [-0.05, 0) is 23.1 Å². The predicted octanol–water partition coefficient (Wildman–Crippen LogP) is 12.8. The molecule has 0 bridgehead atoms. The standard InChI is InChI=1S/C52H53ClSi4.2CH3.ClH.Zr/c1-54(2,3)35-46-42-31-19-21-33-44(42)49-47(46)37-56(38-23-11-7-12-24-38,39-25-13-8-14-26-39)50-45-34-22-20-32-43(45)48(36-55(4,5)6)51(50)57(52(49)53,40-27-15-9-16-28-40)41-29-17-10-18-30-41;;;;/h7-34,37,46,48H,35-36H2,1-6H3;2*1H3;1H;/q-2;2*-1;;+4. The van der Waals surface area contributed by atoms with Crippen molar-refractivity contribution in [3.8, 4) is 0 Å². The molecule has 2 aliphatic carbocycles. The van der Waals surface area contributed by atoms with E-state index >= 15 is 0 Å². The zero-order chi connectivity index (χ0) is 39.6. The van der Waals surface area contributed by atoms with Crippen LogP contribution in [0.25, 0.3) is 10.8 Å². The van der Waals surface area contributed by atoms with Gasteiger partial charge in [-0.2, -0.15) is 16.6 Å². The van der Waals surface area contributed by atoms with Crippen molar-refractivity contribution in [1.29, 1.82) is 0 Å². The number of halogens is 2. The Bertz CT molecular complexity index is 2410. The Hall–Kier alpha value is -3.13. The summed E-state index contributed by atoms with van der Waals surface area (Å²) in [6, 6.07) is 70.7. The molecule has 6 aromatic carbocycles. The Morgan fingerprint density at radius 3 is 1.31 bits per heavy atom. The largest absolute Gasteiger partial charge is 4.00 e. The minimum absolute atomic E-state index is 0. The van der Waals surface area contributed by atoms with Gasteiger partial charge < -0.3 is 26.0 Å². The Kier molecular flexibility index (Phi) is 15.2. The average molecular weight is 984 g/mol. The predicted molar refractivity (Wildman–Crippen MR) is 278 cm³/mol. The minimum atomic E-state index is -3.26. The van der Waals surface area contributed by atoms with Crippen molar-refractivity contribution in [3.63, 3.8) is 0 Å². The van der Waals surface area contributed by atoms with Gasteiger partial charge in [-0.1, -0.05) is 246 Å². The molecule has 7 heteroatoms. The van der Waals surface area contributed by atoms with Crippen molar-refractivity contribution in [2.24, 2.45) is 0 Å². The number of allylic oxidation sites excluding steroid dienone is 3. The van der Waals surface area contributed by atoms with Gasteiger partial charge in [-0.3, -0.25) is 6.04 Å². The van der Waals surface area contributed by atoms with E-state index in [-0.39, 0.29) is 65.3 Å². The number of benzene rings is 6. The molecule has 0 fully saturated rings. The van der Waals surface area contributed by atoms with Crippen molar-refractivity contribution in [2.45, 2.75) is 63.2 Å². The number of hydrogen-bond acceptors (Lipinski definition) is 0. The van der Waals surface area contributed by atoms with Crippen LogP contribution in [0, 0.1) is 25.9 Å². The summed E-state index contributed by atoms with van der Waals surface area (Å²) < 4.78 is 0. The van der Waals surface area contributed by atoms with Crippen LogP contribution in [0.5, 0.6) is 0 Å². The van der Waals surface area contributed by atoms with Gasteiger partial charge in [0.05, 0.1) is 8.07 Å². The SMILES string of the molecule is C[Si](C)(C)CC1C2=C(c3ccccc31)[C-](Cl)[Si](c1ccccc1)(c1ccccc1)C1=C(c3ccccc3C1C[Si](C)(C)C)[Si](c1ccccc1)(c1ccccc1)[CH-]2.Cl.[CH3-].[CH3-].[Zr+4]. The molecule has 61 heavy (non-hydrogen) atoms. The maximum atomic E-state index is 8.79. The van der Waals surface area contributed by atoms with Gasteiger partial charge in [0.2, 0.25) is 0 Å². The van der Waals surface area contributed by atoms with Gasteiger partial charge in [0.15, 0.2) is 0 Å². The molecular formula is C54H60Cl2Si4Zr. The van der Waals surface area contributed by atoms with E-state index in [2.05, 4.69) is 215 Å². The van der Waals surface area contributed by atoms with Crippen molar-refractivity contribution in [1.82, 2.24) is 0 Å². The third-order valence-corrected chi connectivity index (χ3v) is 26.5. The normalized spacial score (nSPS) is 18.2. The summed E-state index contributed by atoms with van der Waals surface area (Å²) in [5.74, 6) is 0.513. The molecule has 0 aromatic heterocycles. The molecule has 2 atom stereocenters. The minimum Gasteiger partial charge on any atom is -0.358 e. The molecule has 0 N–H and O–H groups in total. The van der Waals surface area contributed by atoms with Gasteiger partial charge in [0, 0.05) is 16.1 Å². The van der Waals surface area contributed by atoms with Crippen LogP contribution in [0.4, 0.5) is 0 Å². The van der Waals surface area contributed by atoms with E-state index in [0.717, 1.165) is 11.0 Å². The van der Waals surface area contributed by atoms with Gasteiger partial charge in [-0.15, -0.1) is 24.0 Å². The molecule has 0 saturated carbocycles. The van der Waals surface area contributed by atoms with Crippen LogP contribution in [-0.2, 0) is 26.2 Å².